The van der Waals surface area contributed by atoms with Gasteiger partial charge in [-0.2, -0.15) is 0 Å². The van der Waals surface area contributed by atoms with E-state index < -0.39 is 17.7 Å². The van der Waals surface area contributed by atoms with Crippen LogP contribution in [0.5, 0.6) is 11.5 Å². The zero-order chi connectivity index (χ0) is 26.6. The summed E-state index contributed by atoms with van der Waals surface area (Å²) in [5.74, 6) is -1.10. The van der Waals surface area contributed by atoms with Gasteiger partial charge in [0.15, 0.2) is 0 Å². The third-order valence-electron chi connectivity index (χ3n) is 6.61. The number of carbonyl (C=O) groups excluding carboxylic acids is 2. The largest absolute Gasteiger partial charge is 0.508 e. The van der Waals surface area contributed by atoms with Gasteiger partial charge in [-0.05, 0) is 71.6 Å². The zero-order valence-electron chi connectivity index (χ0n) is 20.7. The number of aromatic nitrogens is 1. The number of phenols is 1. The average Bonchev–Trinajstić information content (AvgIpc) is 3.18. The second kappa shape index (κ2) is 10.6. The summed E-state index contributed by atoms with van der Waals surface area (Å²) in [7, 11) is 0. The maximum atomic E-state index is 13.2. The van der Waals surface area contributed by atoms with E-state index in [0.29, 0.717) is 23.5 Å². The minimum atomic E-state index is -0.840. The van der Waals surface area contributed by atoms with Gasteiger partial charge in [-0.1, -0.05) is 42.5 Å². The van der Waals surface area contributed by atoms with Crippen LogP contribution in [0.25, 0.3) is 5.76 Å². The number of pyridine rings is 1. The lowest BCUT2D eigenvalue weighted by atomic mass is 9.95. The molecule has 7 nitrogen and oxygen atoms in total. The van der Waals surface area contributed by atoms with Crippen molar-refractivity contribution in [1.29, 1.82) is 0 Å². The highest BCUT2D eigenvalue weighted by Crippen LogP contribution is 2.40. The Kier molecular flexibility index (Phi) is 6.91. The average molecular weight is 507 g/mol. The molecule has 1 aliphatic rings. The van der Waals surface area contributed by atoms with Crippen molar-refractivity contribution in [2.75, 3.05) is 0 Å². The predicted octanol–water partition coefficient (Wildman–Crippen LogP) is 5.30. The summed E-state index contributed by atoms with van der Waals surface area (Å²) in [4.78, 5) is 31.9. The highest BCUT2D eigenvalue weighted by molar-refractivity contribution is 6.46. The van der Waals surface area contributed by atoms with Crippen LogP contribution in [0.15, 0.2) is 103 Å². The fourth-order valence-corrected chi connectivity index (χ4v) is 4.53. The van der Waals surface area contributed by atoms with Gasteiger partial charge in [-0.15, -0.1) is 0 Å². The molecule has 190 valence electrons. The first-order valence-corrected chi connectivity index (χ1v) is 12.2. The molecule has 0 radical (unpaired) electrons. The first-order valence-electron chi connectivity index (χ1n) is 12.2. The van der Waals surface area contributed by atoms with Gasteiger partial charge in [0.25, 0.3) is 11.7 Å². The number of aryl methyl sites for hydroxylation is 1. The van der Waals surface area contributed by atoms with E-state index in [-0.39, 0.29) is 23.6 Å². The standard InChI is InChI=1S/C31H26N2O5/c1-20-5-2-3-7-24(20)19-38-26-14-10-23(11-15-26)29(35)27-28(22-8-12-25(34)13-9-22)33(31(37)30(27)36)18-21-6-4-16-32-17-21/h2-17,28,34-35H,18-19H2,1H3/t28-/m0/s1. The molecule has 4 aromatic rings. The Morgan fingerprint density at radius 3 is 2.37 bits per heavy atom. The number of likely N-dealkylation sites (tertiary alicyclic amines) is 1. The normalized spacial score (nSPS) is 16.6. The Morgan fingerprint density at radius 1 is 0.947 bits per heavy atom. The predicted molar refractivity (Wildman–Crippen MR) is 142 cm³/mol. The lowest BCUT2D eigenvalue weighted by Gasteiger charge is -2.25. The molecule has 0 aliphatic carbocycles. The summed E-state index contributed by atoms with van der Waals surface area (Å²) in [6, 6.07) is 23.7. The number of hydrogen-bond donors (Lipinski definition) is 2. The summed E-state index contributed by atoms with van der Waals surface area (Å²) in [6.07, 6.45) is 3.26. The molecule has 1 fully saturated rings. The SMILES string of the molecule is Cc1ccccc1COc1ccc(C(O)=C2C(=O)C(=O)N(Cc3cccnc3)[C@H]2c2ccc(O)cc2)cc1. The van der Waals surface area contributed by atoms with E-state index in [1.165, 1.54) is 17.0 Å². The first-order chi connectivity index (χ1) is 18.4. The van der Waals surface area contributed by atoms with Crippen molar-refractivity contribution in [1.82, 2.24) is 9.88 Å². The van der Waals surface area contributed by atoms with Crippen LogP contribution in [0.1, 0.15) is 33.9 Å². The van der Waals surface area contributed by atoms with Gasteiger partial charge in [0.05, 0.1) is 11.6 Å². The molecule has 1 aromatic heterocycles. The van der Waals surface area contributed by atoms with E-state index in [2.05, 4.69) is 4.98 Å². The summed E-state index contributed by atoms with van der Waals surface area (Å²) in [5, 5.41) is 21.1. The van der Waals surface area contributed by atoms with E-state index in [1.54, 1.807) is 54.9 Å². The molecule has 1 aliphatic heterocycles. The molecular weight excluding hydrogens is 480 g/mol. The number of aliphatic hydroxyl groups is 1. The quantitative estimate of drug-likeness (QED) is 0.201. The third kappa shape index (κ3) is 4.99. The van der Waals surface area contributed by atoms with Crippen molar-refractivity contribution in [2.45, 2.75) is 26.1 Å². The van der Waals surface area contributed by atoms with Crippen LogP contribution in [0.3, 0.4) is 0 Å². The maximum Gasteiger partial charge on any atom is 0.295 e. The molecule has 0 unspecified atom stereocenters. The van der Waals surface area contributed by atoms with Crippen molar-refractivity contribution in [2.24, 2.45) is 0 Å². The molecule has 3 aromatic carbocycles. The second-order valence-corrected chi connectivity index (χ2v) is 9.12. The van der Waals surface area contributed by atoms with Crippen LogP contribution in [0.4, 0.5) is 0 Å². The number of nitrogens with zero attached hydrogens (tertiary/aromatic N) is 2. The van der Waals surface area contributed by atoms with Crippen LogP contribution >= 0.6 is 0 Å². The molecule has 7 heteroatoms. The Hall–Kier alpha value is -4.91. The molecule has 1 atom stereocenters. The van der Waals surface area contributed by atoms with E-state index in [1.807, 2.05) is 37.3 Å². The topological polar surface area (TPSA) is 100.0 Å². The molecule has 0 bridgehead atoms. The van der Waals surface area contributed by atoms with Crippen molar-refractivity contribution in [3.8, 4) is 11.5 Å². The number of benzene rings is 3. The Balaban J connectivity index is 1.47. The van der Waals surface area contributed by atoms with E-state index in [0.717, 1.165) is 16.7 Å². The van der Waals surface area contributed by atoms with Gasteiger partial charge >= 0.3 is 0 Å². The summed E-state index contributed by atoms with van der Waals surface area (Å²) in [6.45, 7) is 2.55. The highest BCUT2D eigenvalue weighted by atomic mass is 16.5. The van der Waals surface area contributed by atoms with Crippen molar-refractivity contribution < 1.29 is 24.5 Å². The van der Waals surface area contributed by atoms with Crippen molar-refractivity contribution in [3.63, 3.8) is 0 Å². The summed E-state index contributed by atoms with van der Waals surface area (Å²) < 4.78 is 5.90. The van der Waals surface area contributed by atoms with Gasteiger partial charge in [0, 0.05) is 24.5 Å². The van der Waals surface area contributed by atoms with Crippen LogP contribution in [0, 0.1) is 6.92 Å². The molecule has 5 rings (SSSR count). The number of phenolic OH excluding ortho intramolecular Hbond substituents is 1. The van der Waals surface area contributed by atoms with Crippen molar-refractivity contribution in [3.05, 3.63) is 131 Å². The summed E-state index contributed by atoms with van der Waals surface area (Å²) in [5.41, 5.74) is 3.91. The number of Topliss-reactive ketones (excluding diaryl/α,β-unsaturated/α-hetero) is 1. The number of amides is 1. The van der Waals surface area contributed by atoms with Crippen LogP contribution in [-0.4, -0.2) is 31.8 Å². The van der Waals surface area contributed by atoms with Crippen molar-refractivity contribution >= 4 is 17.4 Å². The number of hydrogen-bond acceptors (Lipinski definition) is 6. The van der Waals surface area contributed by atoms with Gasteiger partial charge in [0.1, 0.15) is 23.9 Å². The fourth-order valence-electron chi connectivity index (χ4n) is 4.53. The third-order valence-corrected chi connectivity index (χ3v) is 6.61. The van der Waals surface area contributed by atoms with Crippen LogP contribution in [-0.2, 0) is 22.7 Å². The minimum Gasteiger partial charge on any atom is -0.508 e. The maximum absolute atomic E-state index is 13.2. The molecule has 1 saturated heterocycles. The van der Waals surface area contributed by atoms with E-state index in [9.17, 15) is 19.8 Å². The molecule has 0 saturated carbocycles. The zero-order valence-corrected chi connectivity index (χ0v) is 20.7. The Bertz CT molecular complexity index is 1500. The number of aliphatic hydroxyl groups excluding tert-OH is 1. The monoisotopic (exact) mass is 506 g/mol. The molecule has 0 spiro atoms. The Labute approximate surface area is 220 Å². The van der Waals surface area contributed by atoms with E-state index in [4.69, 9.17) is 4.74 Å². The number of ketones is 1. The second-order valence-electron chi connectivity index (χ2n) is 9.12. The summed E-state index contributed by atoms with van der Waals surface area (Å²) >= 11 is 0. The Morgan fingerprint density at radius 2 is 1.68 bits per heavy atom. The molecule has 38 heavy (non-hydrogen) atoms. The number of ether oxygens (including phenoxy) is 1. The van der Waals surface area contributed by atoms with Gasteiger partial charge < -0.3 is 19.8 Å². The van der Waals surface area contributed by atoms with Gasteiger partial charge in [0.2, 0.25) is 0 Å². The van der Waals surface area contributed by atoms with Gasteiger partial charge in [-0.3, -0.25) is 14.6 Å². The van der Waals surface area contributed by atoms with E-state index >= 15 is 0 Å². The van der Waals surface area contributed by atoms with Crippen LogP contribution < -0.4 is 4.74 Å². The first kappa shape index (κ1) is 24.8. The molecular formula is C31H26N2O5. The number of carbonyl (C=O) groups is 2. The molecule has 1 amide bonds. The van der Waals surface area contributed by atoms with Gasteiger partial charge in [-0.25, -0.2) is 0 Å². The molecule has 2 N–H and O–H groups in total. The smallest absolute Gasteiger partial charge is 0.295 e. The number of aromatic hydroxyl groups is 1. The highest BCUT2D eigenvalue weighted by Gasteiger charge is 2.46. The minimum absolute atomic E-state index is 0.0156. The fraction of sp³-hybridized carbons (Fsp3) is 0.129. The lowest BCUT2D eigenvalue weighted by molar-refractivity contribution is -0.140. The molecule has 2 heterocycles. The van der Waals surface area contributed by atoms with Crippen LogP contribution in [0.2, 0.25) is 0 Å². The lowest BCUT2D eigenvalue weighted by Crippen LogP contribution is -2.29. The number of rotatable bonds is 7.